The van der Waals surface area contributed by atoms with E-state index < -0.39 is 0 Å². The second-order valence-electron chi connectivity index (χ2n) is 9.09. The second kappa shape index (κ2) is 9.94. The van der Waals surface area contributed by atoms with Crippen LogP contribution >= 0.6 is 0 Å². The molecule has 0 aliphatic carbocycles. The molecule has 3 aromatic rings. The van der Waals surface area contributed by atoms with E-state index >= 15 is 0 Å². The molecule has 1 aliphatic heterocycles. The molecule has 8 nitrogen and oxygen atoms in total. The summed E-state index contributed by atoms with van der Waals surface area (Å²) in [5.41, 5.74) is 5.48. The Bertz CT molecular complexity index is 1050. The number of aryl methyl sites for hydroxylation is 1. The number of nitrogens with one attached hydrogen (secondary N) is 2. The van der Waals surface area contributed by atoms with E-state index in [1.807, 2.05) is 0 Å². The lowest BCUT2D eigenvalue weighted by Crippen LogP contribution is -2.47. The third-order valence-electron chi connectivity index (χ3n) is 6.20. The number of fused-ring (bicyclic) bond motifs is 1. The summed E-state index contributed by atoms with van der Waals surface area (Å²) in [6, 6.07) is 6.66. The highest BCUT2D eigenvalue weighted by atomic mass is 15.3. The summed E-state index contributed by atoms with van der Waals surface area (Å²) >= 11 is 0. The van der Waals surface area contributed by atoms with Crippen LogP contribution in [0.1, 0.15) is 18.3 Å². The maximum absolute atomic E-state index is 4.82. The van der Waals surface area contributed by atoms with Gasteiger partial charge in [-0.05, 0) is 40.9 Å². The fourth-order valence-electron chi connectivity index (χ4n) is 4.56. The molecule has 2 N–H and O–H groups in total. The van der Waals surface area contributed by atoms with Crippen LogP contribution in [0.2, 0.25) is 0 Å². The van der Waals surface area contributed by atoms with Gasteiger partial charge in [0.25, 0.3) is 0 Å². The number of hydrogen-bond acceptors (Lipinski definition) is 7. The minimum Gasteiger partial charge on any atom is -0.366 e. The van der Waals surface area contributed by atoms with Crippen LogP contribution in [0, 0.1) is 13.8 Å². The van der Waals surface area contributed by atoms with Gasteiger partial charge in [0.05, 0.1) is 17.8 Å². The van der Waals surface area contributed by atoms with E-state index in [-0.39, 0.29) is 0 Å². The lowest BCUT2D eigenvalue weighted by Gasteiger charge is -2.30. The Balaban J connectivity index is 1.62. The number of nitrogens with zero attached hydrogens (tertiary/aromatic N) is 6. The SMILES string of the molecule is Cc1nn(CCN(C)C)c(C)c1-c1cccc2c(NC(C)CN3CCNCC3)ncnc12. The molecule has 1 saturated heterocycles. The summed E-state index contributed by atoms with van der Waals surface area (Å²) in [6.45, 7) is 13.6. The van der Waals surface area contributed by atoms with Gasteiger partial charge < -0.3 is 15.5 Å². The molecule has 3 heterocycles. The number of hydrogen-bond donors (Lipinski definition) is 2. The summed E-state index contributed by atoms with van der Waals surface area (Å²) in [7, 11) is 4.18. The minimum atomic E-state index is 0.298. The molecule has 0 saturated carbocycles. The zero-order valence-corrected chi connectivity index (χ0v) is 20.0. The normalized spacial score (nSPS) is 16.1. The van der Waals surface area contributed by atoms with E-state index in [2.05, 4.69) is 83.2 Å². The highest BCUT2D eigenvalue weighted by Crippen LogP contribution is 2.34. The van der Waals surface area contributed by atoms with Crippen molar-refractivity contribution in [2.45, 2.75) is 33.4 Å². The highest BCUT2D eigenvalue weighted by molar-refractivity contribution is 5.99. The standard InChI is InChI=1S/C24H36N8/c1-17(15-31-11-9-25-10-12-31)28-24-21-8-6-7-20(23(21)26-16-27-24)22-18(2)29-32(19(22)3)14-13-30(4)5/h6-8,16-17,25H,9-15H2,1-5H3,(H,26,27,28). The fraction of sp³-hybridized carbons (Fsp3) is 0.542. The van der Waals surface area contributed by atoms with Gasteiger partial charge in [0.2, 0.25) is 0 Å². The van der Waals surface area contributed by atoms with Crippen LogP contribution in [0.4, 0.5) is 5.82 Å². The van der Waals surface area contributed by atoms with Gasteiger partial charge in [0.15, 0.2) is 0 Å². The molecule has 0 radical (unpaired) electrons. The van der Waals surface area contributed by atoms with Gasteiger partial charge in [-0.15, -0.1) is 0 Å². The molecule has 1 fully saturated rings. The number of aromatic nitrogens is 4. The van der Waals surface area contributed by atoms with E-state index in [1.54, 1.807) is 6.33 Å². The number of piperazine rings is 1. The van der Waals surface area contributed by atoms with Gasteiger partial charge in [0.1, 0.15) is 12.1 Å². The summed E-state index contributed by atoms with van der Waals surface area (Å²) in [5.74, 6) is 0.898. The van der Waals surface area contributed by atoms with E-state index in [0.29, 0.717) is 6.04 Å². The Morgan fingerprint density at radius 2 is 1.94 bits per heavy atom. The van der Waals surface area contributed by atoms with Crippen LogP contribution in [0.5, 0.6) is 0 Å². The molecule has 0 bridgehead atoms. The van der Waals surface area contributed by atoms with Crippen molar-refractivity contribution in [1.29, 1.82) is 0 Å². The lowest BCUT2D eigenvalue weighted by atomic mass is 10.0. The highest BCUT2D eigenvalue weighted by Gasteiger charge is 2.19. The van der Waals surface area contributed by atoms with Crippen molar-refractivity contribution >= 4 is 16.7 Å². The molecule has 172 valence electrons. The third-order valence-corrected chi connectivity index (χ3v) is 6.20. The number of likely N-dealkylation sites (N-methyl/N-ethyl adjacent to an activating group) is 1. The predicted molar refractivity (Wildman–Crippen MR) is 131 cm³/mol. The number of rotatable bonds is 8. The Kier molecular flexibility index (Phi) is 7.03. The van der Waals surface area contributed by atoms with Crippen LogP contribution < -0.4 is 10.6 Å². The van der Waals surface area contributed by atoms with E-state index in [0.717, 1.165) is 73.8 Å². The maximum atomic E-state index is 4.82. The van der Waals surface area contributed by atoms with Crippen LogP contribution in [-0.4, -0.2) is 89.0 Å². The monoisotopic (exact) mass is 436 g/mol. The number of benzene rings is 1. The molecule has 0 spiro atoms. The molecule has 8 heteroatoms. The lowest BCUT2D eigenvalue weighted by molar-refractivity contribution is 0.235. The maximum Gasteiger partial charge on any atom is 0.137 e. The fourth-order valence-corrected chi connectivity index (χ4v) is 4.56. The Hall–Kier alpha value is -2.55. The van der Waals surface area contributed by atoms with Gasteiger partial charge in [-0.3, -0.25) is 9.58 Å². The smallest absolute Gasteiger partial charge is 0.137 e. The van der Waals surface area contributed by atoms with Gasteiger partial charge in [-0.1, -0.05) is 12.1 Å². The van der Waals surface area contributed by atoms with Crippen LogP contribution in [0.3, 0.4) is 0 Å². The Labute approximate surface area is 191 Å². The van der Waals surface area contributed by atoms with Gasteiger partial charge in [-0.25, -0.2) is 9.97 Å². The van der Waals surface area contributed by atoms with Crippen molar-refractivity contribution in [1.82, 2.24) is 34.9 Å². The average Bonchev–Trinajstić information content (AvgIpc) is 3.05. The molecule has 1 unspecified atom stereocenters. The minimum absolute atomic E-state index is 0.298. The largest absolute Gasteiger partial charge is 0.366 e. The zero-order chi connectivity index (χ0) is 22.7. The molecular weight excluding hydrogens is 400 g/mol. The van der Waals surface area contributed by atoms with Crippen molar-refractivity contribution in [3.05, 3.63) is 35.9 Å². The average molecular weight is 437 g/mol. The zero-order valence-electron chi connectivity index (χ0n) is 20.0. The number of para-hydroxylation sites is 1. The topological polar surface area (TPSA) is 74.1 Å². The van der Waals surface area contributed by atoms with E-state index in [1.165, 1.54) is 11.3 Å². The molecule has 32 heavy (non-hydrogen) atoms. The van der Waals surface area contributed by atoms with E-state index in [4.69, 9.17) is 10.1 Å². The second-order valence-corrected chi connectivity index (χ2v) is 9.09. The van der Waals surface area contributed by atoms with Crippen LogP contribution in [0.25, 0.3) is 22.0 Å². The summed E-state index contributed by atoms with van der Waals surface area (Å²) in [5, 5.41) is 12.9. The molecule has 0 amide bonds. The summed E-state index contributed by atoms with van der Waals surface area (Å²) in [6.07, 6.45) is 1.67. The summed E-state index contributed by atoms with van der Waals surface area (Å²) < 4.78 is 2.11. The molecule has 2 aromatic heterocycles. The molecule has 4 rings (SSSR count). The molecule has 1 aromatic carbocycles. The molecule has 1 aliphatic rings. The first-order valence-corrected chi connectivity index (χ1v) is 11.6. The first kappa shape index (κ1) is 22.6. The van der Waals surface area contributed by atoms with Crippen molar-refractivity contribution in [2.24, 2.45) is 0 Å². The van der Waals surface area contributed by atoms with Crippen molar-refractivity contribution in [2.75, 3.05) is 58.7 Å². The molecule has 1 atom stereocenters. The van der Waals surface area contributed by atoms with Crippen molar-refractivity contribution < 1.29 is 0 Å². The Morgan fingerprint density at radius 1 is 1.16 bits per heavy atom. The predicted octanol–water partition coefficient (Wildman–Crippen LogP) is 2.38. The van der Waals surface area contributed by atoms with Crippen molar-refractivity contribution in [3.8, 4) is 11.1 Å². The van der Waals surface area contributed by atoms with E-state index in [9.17, 15) is 0 Å². The van der Waals surface area contributed by atoms with Crippen molar-refractivity contribution in [3.63, 3.8) is 0 Å². The first-order valence-electron chi connectivity index (χ1n) is 11.6. The van der Waals surface area contributed by atoms with Crippen LogP contribution in [0.15, 0.2) is 24.5 Å². The van der Waals surface area contributed by atoms with Gasteiger partial charge in [0, 0.05) is 67.5 Å². The summed E-state index contributed by atoms with van der Waals surface area (Å²) in [4.78, 5) is 14.0. The third kappa shape index (κ3) is 4.92. The molecular formula is C24H36N8. The van der Waals surface area contributed by atoms with Gasteiger partial charge >= 0.3 is 0 Å². The number of anilines is 1. The first-order chi connectivity index (χ1) is 15.4. The Morgan fingerprint density at radius 3 is 2.69 bits per heavy atom. The van der Waals surface area contributed by atoms with Gasteiger partial charge in [-0.2, -0.15) is 5.10 Å². The quantitative estimate of drug-likeness (QED) is 0.562. The van der Waals surface area contributed by atoms with Crippen LogP contribution in [-0.2, 0) is 6.54 Å².